The van der Waals surface area contributed by atoms with Crippen molar-refractivity contribution in [3.63, 3.8) is 0 Å². The molecule has 8 nitrogen and oxygen atoms in total. The number of epoxide rings is 1. The number of hydrogen-bond donors (Lipinski definition) is 1. The summed E-state index contributed by atoms with van der Waals surface area (Å²) >= 11 is 0. The maximum atomic E-state index is 11.5. The summed E-state index contributed by atoms with van der Waals surface area (Å²) in [5.74, 6) is 1.01. The Bertz CT molecular complexity index is 613. The molecule has 1 aliphatic heterocycles. The van der Waals surface area contributed by atoms with Crippen LogP contribution in [0.4, 0.5) is 5.69 Å². The van der Waals surface area contributed by atoms with Crippen molar-refractivity contribution in [2.45, 2.75) is 6.10 Å². The summed E-state index contributed by atoms with van der Waals surface area (Å²) in [4.78, 5) is 0. The van der Waals surface area contributed by atoms with Crippen molar-refractivity contribution in [3.8, 4) is 17.2 Å². The van der Waals surface area contributed by atoms with Crippen molar-refractivity contribution in [2.24, 2.45) is 0 Å². The second-order valence-electron chi connectivity index (χ2n) is 4.69. The summed E-state index contributed by atoms with van der Waals surface area (Å²) in [7, 11) is -0.579. The molecular weight excluding hydrogens is 314 g/mol. The Labute approximate surface area is 129 Å². The van der Waals surface area contributed by atoms with Crippen LogP contribution in [0.25, 0.3) is 0 Å². The first kappa shape index (κ1) is 16.7. The van der Waals surface area contributed by atoms with Gasteiger partial charge in [-0.2, -0.15) is 0 Å². The van der Waals surface area contributed by atoms with Crippen molar-refractivity contribution in [1.29, 1.82) is 0 Å². The van der Waals surface area contributed by atoms with Crippen LogP contribution in [0.1, 0.15) is 0 Å². The molecule has 2 rings (SSSR count). The first-order valence-electron chi connectivity index (χ1n) is 6.49. The maximum Gasteiger partial charge on any atom is 0.229 e. The average molecular weight is 333 g/mol. The molecule has 1 atom stereocenters. The van der Waals surface area contributed by atoms with E-state index in [2.05, 4.69) is 4.72 Å². The van der Waals surface area contributed by atoms with Crippen LogP contribution < -0.4 is 18.9 Å². The zero-order valence-corrected chi connectivity index (χ0v) is 13.4. The van der Waals surface area contributed by atoms with E-state index < -0.39 is 10.0 Å². The molecule has 0 aliphatic carbocycles. The van der Waals surface area contributed by atoms with Gasteiger partial charge in [-0.15, -0.1) is 0 Å². The first-order valence-corrected chi connectivity index (χ1v) is 8.38. The van der Waals surface area contributed by atoms with E-state index in [1.807, 2.05) is 0 Å². The largest absolute Gasteiger partial charge is 0.493 e. The van der Waals surface area contributed by atoms with Crippen molar-refractivity contribution < 1.29 is 32.1 Å². The second kappa shape index (κ2) is 7.03. The lowest BCUT2D eigenvalue weighted by molar-refractivity contribution is 0.0496. The molecule has 1 aliphatic rings. The molecular formula is C13H19NO7S. The molecule has 0 amide bonds. The molecule has 124 valence electrons. The average Bonchev–Trinajstić information content (AvgIpc) is 3.25. The number of methoxy groups -OCH3 is 2. The molecule has 1 aromatic carbocycles. The highest BCUT2D eigenvalue weighted by atomic mass is 32.2. The van der Waals surface area contributed by atoms with E-state index in [1.54, 1.807) is 6.07 Å². The van der Waals surface area contributed by atoms with E-state index in [0.717, 1.165) is 6.26 Å². The molecule has 1 saturated heterocycles. The van der Waals surface area contributed by atoms with Crippen LogP contribution >= 0.6 is 0 Å². The molecule has 0 aromatic heterocycles. The number of benzene rings is 1. The van der Waals surface area contributed by atoms with Crippen LogP contribution in [0.2, 0.25) is 0 Å². The van der Waals surface area contributed by atoms with Gasteiger partial charge in [0.15, 0.2) is 18.3 Å². The van der Waals surface area contributed by atoms with Crippen LogP contribution in [-0.4, -0.2) is 55.0 Å². The SMILES string of the molecule is COCOc1c(NS(C)(=O)=O)cc(OC[C@@H]2CO2)cc1OC. The van der Waals surface area contributed by atoms with Crippen LogP contribution in [0, 0.1) is 0 Å². The van der Waals surface area contributed by atoms with Gasteiger partial charge in [0.1, 0.15) is 18.5 Å². The van der Waals surface area contributed by atoms with Crippen LogP contribution in [0.3, 0.4) is 0 Å². The second-order valence-corrected chi connectivity index (χ2v) is 6.44. The van der Waals surface area contributed by atoms with Crippen molar-refractivity contribution in [3.05, 3.63) is 12.1 Å². The zero-order valence-electron chi connectivity index (χ0n) is 12.6. The topological polar surface area (TPSA) is 95.6 Å². The van der Waals surface area contributed by atoms with Gasteiger partial charge in [-0.3, -0.25) is 4.72 Å². The number of ether oxygens (including phenoxy) is 5. The maximum absolute atomic E-state index is 11.5. The Morgan fingerprint density at radius 1 is 1.32 bits per heavy atom. The number of nitrogens with one attached hydrogen (secondary N) is 1. The van der Waals surface area contributed by atoms with Gasteiger partial charge in [0, 0.05) is 19.2 Å². The number of hydrogen-bond acceptors (Lipinski definition) is 7. The Kier molecular flexibility index (Phi) is 5.33. The van der Waals surface area contributed by atoms with Crippen molar-refractivity contribution in [1.82, 2.24) is 0 Å². The fraction of sp³-hybridized carbons (Fsp3) is 0.538. The van der Waals surface area contributed by atoms with Gasteiger partial charge < -0.3 is 23.7 Å². The van der Waals surface area contributed by atoms with E-state index in [-0.39, 0.29) is 24.3 Å². The number of sulfonamides is 1. The summed E-state index contributed by atoms with van der Waals surface area (Å²) in [6, 6.07) is 3.14. The Morgan fingerprint density at radius 3 is 2.59 bits per heavy atom. The quantitative estimate of drug-likeness (QED) is 0.528. The highest BCUT2D eigenvalue weighted by Gasteiger charge is 2.24. The molecule has 1 aromatic rings. The minimum absolute atomic E-state index is 0.0507. The van der Waals surface area contributed by atoms with Crippen LogP contribution in [0.5, 0.6) is 17.2 Å². The highest BCUT2D eigenvalue weighted by Crippen LogP contribution is 2.40. The fourth-order valence-corrected chi connectivity index (χ4v) is 2.26. The standard InChI is InChI=1S/C13H19NO7S/c1-17-8-21-13-11(14-22(3,15)16)4-9(5-12(13)18-2)19-6-10-7-20-10/h4-5,10,14H,6-8H2,1-3H3/t10-/m1/s1. The van der Waals surface area contributed by atoms with Gasteiger partial charge in [-0.05, 0) is 0 Å². The molecule has 0 unspecified atom stereocenters. The smallest absolute Gasteiger partial charge is 0.229 e. The van der Waals surface area contributed by atoms with Crippen LogP contribution in [-0.2, 0) is 19.5 Å². The number of anilines is 1. The van der Waals surface area contributed by atoms with Gasteiger partial charge in [-0.1, -0.05) is 0 Å². The van der Waals surface area contributed by atoms with Gasteiger partial charge in [0.25, 0.3) is 0 Å². The number of rotatable bonds is 9. The minimum Gasteiger partial charge on any atom is -0.493 e. The third-order valence-corrected chi connectivity index (χ3v) is 3.29. The summed E-state index contributed by atoms with van der Waals surface area (Å²) in [6.07, 6.45) is 1.13. The summed E-state index contributed by atoms with van der Waals surface area (Å²) in [6.45, 7) is 1.01. The molecule has 1 fully saturated rings. The summed E-state index contributed by atoms with van der Waals surface area (Å²) in [5, 5.41) is 0. The van der Waals surface area contributed by atoms with Crippen molar-refractivity contribution >= 4 is 15.7 Å². The Morgan fingerprint density at radius 2 is 2.05 bits per heavy atom. The third kappa shape index (κ3) is 4.93. The van der Waals surface area contributed by atoms with E-state index >= 15 is 0 Å². The summed E-state index contributed by atoms with van der Waals surface area (Å²) < 4.78 is 51.5. The van der Waals surface area contributed by atoms with Gasteiger partial charge >= 0.3 is 0 Å². The Hall–Kier alpha value is -1.71. The van der Waals surface area contributed by atoms with Crippen molar-refractivity contribution in [2.75, 3.05) is 45.2 Å². The van der Waals surface area contributed by atoms with E-state index in [9.17, 15) is 8.42 Å². The minimum atomic E-state index is -3.49. The molecule has 0 saturated carbocycles. The zero-order chi connectivity index (χ0) is 16.2. The lowest BCUT2D eigenvalue weighted by Crippen LogP contribution is -2.13. The molecule has 1 N–H and O–H groups in total. The molecule has 0 bridgehead atoms. The van der Waals surface area contributed by atoms with Gasteiger partial charge in [0.05, 0.1) is 25.7 Å². The molecule has 0 radical (unpaired) electrons. The van der Waals surface area contributed by atoms with E-state index in [4.69, 9.17) is 23.7 Å². The predicted octanol–water partition coefficient (Wildman–Crippen LogP) is 0.827. The lowest BCUT2D eigenvalue weighted by Gasteiger charge is -2.17. The molecule has 9 heteroatoms. The lowest BCUT2D eigenvalue weighted by atomic mass is 10.2. The van der Waals surface area contributed by atoms with Gasteiger partial charge in [-0.25, -0.2) is 8.42 Å². The normalized spacial score (nSPS) is 17.0. The van der Waals surface area contributed by atoms with E-state index in [0.29, 0.717) is 24.7 Å². The highest BCUT2D eigenvalue weighted by molar-refractivity contribution is 7.92. The molecule has 0 spiro atoms. The fourth-order valence-electron chi connectivity index (χ4n) is 1.71. The first-order chi connectivity index (χ1) is 10.4. The monoisotopic (exact) mass is 333 g/mol. The van der Waals surface area contributed by atoms with Crippen LogP contribution in [0.15, 0.2) is 12.1 Å². The third-order valence-electron chi connectivity index (χ3n) is 2.70. The summed E-state index contributed by atoms with van der Waals surface area (Å²) in [5.41, 5.74) is 0.214. The van der Waals surface area contributed by atoms with Gasteiger partial charge in [0.2, 0.25) is 10.0 Å². The van der Waals surface area contributed by atoms with E-state index in [1.165, 1.54) is 20.3 Å². The predicted molar refractivity (Wildman–Crippen MR) is 79.2 cm³/mol. The molecule has 1 heterocycles. The molecule has 22 heavy (non-hydrogen) atoms. The Balaban J connectivity index is 2.30.